The lowest BCUT2D eigenvalue weighted by Gasteiger charge is -2.10. The maximum Gasteiger partial charge on any atom is 0.337 e. The van der Waals surface area contributed by atoms with Gasteiger partial charge >= 0.3 is 11.9 Å². The Balaban J connectivity index is 1.96. The molecule has 2 N–H and O–H groups in total. The summed E-state index contributed by atoms with van der Waals surface area (Å²) >= 11 is 6.06. The Kier molecular flexibility index (Phi) is 6.57. The molecule has 0 atom stereocenters. The molecule has 0 radical (unpaired) electrons. The van der Waals surface area contributed by atoms with Crippen molar-refractivity contribution in [2.45, 2.75) is 0 Å². The Morgan fingerprint density at radius 1 is 0.923 bits per heavy atom. The highest BCUT2D eigenvalue weighted by Gasteiger charge is 2.10. The highest BCUT2D eigenvalue weighted by atomic mass is 35.5. The van der Waals surface area contributed by atoms with E-state index < -0.39 is 11.9 Å². The van der Waals surface area contributed by atoms with E-state index in [-0.39, 0.29) is 12.5 Å². The van der Waals surface area contributed by atoms with Crippen LogP contribution in [0.25, 0.3) is 0 Å². The van der Waals surface area contributed by atoms with Gasteiger partial charge in [0, 0.05) is 5.69 Å². The van der Waals surface area contributed by atoms with E-state index in [1.54, 1.807) is 30.3 Å². The van der Waals surface area contributed by atoms with Gasteiger partial charge in [0.1, 0.15) is 0 Å². The number of methoxy groups -OCH3 is 2. The van der Waals surface area contributed by atoms with Crippen LogP contribution >= 0.6 is 11.6 Å². The lowest BCUT2D eigenvalue weighted by molar-refractivity contribution is -0.114. The van der Waals surface area contributed by atoms with Crippen molar-refractivity contribution in [1.29, 1.82) is 0 Å². The monoisotopic (exact) mass is 376 g/mol. The van der Waals surface area contributed by atoms with E-state index in [1.807, 2.05) is 0 Å². The van der Waals surface area contributed by atoms with Crippen LogP contribution < -0.4 is 10.6 Å². The maximum absolute atomic E-state index is 12.0. The summed E-state index contributed by atoms with van der Waals surface area (Å²) < 4.78 is 9.26. The zero-order chi connectivity index (χ0) is 19.1. The SMILES string of the molecule is COC(=O)c1ccc(NC(=O)CNc2cc(C(=O)OC)ccc2Cl)cc1. The quantitative estimate of drug-likeness (QED) is 0.753. The van der Waals surface area contributed by atoms with Gasteiger partial charge in [-0.3, -0.25) is 4.79 Å². The van der Waals surface area contributed by atoms with Crippen molar-refractivity contribution in [3.05, 3.63) is 58.6 Å². The van der Waals surface area contributed by atoms with Crippen LogP contribution in [-0.4, -0.2) is 38.6 Å². The summed E-state index contributed by atoms with van der Waals surface area (Å²) in [5.41, 5.74) is 1.66. The molecule has 0 saturated carbocycles. The molecule has 0 unspecified atom stereocenters. The first kappa shape index (κ1) is 19.3. The van der Waals surface area contributed by atoms with Crippen LogP contribution in [0, 0.1) is 0 Å². The van der Waals surface area contributed by atoms with Crippen LogP contribution in [0.3, 0.4) is 0 Å². The van der Waals surface area contributed by atoms with Gasteiger partial charge in [-0.25, -0.2) is 9.59 Å². The smallest absolute Gasteiger partial charge is 0.337 e. The molecule has 2 aromatic rings. The van der Waals surface area contributed by atoms with Crippen molar-refractivity contribution in [2.24, 2.45) is 0 Å². The van der Waals surface area contributed by atoms with Crippen LogP contribution in [0.4, 0.5) is 11.4 Å². The molecule has 0 aromatic heterocycles. The van der Waals surface area contributed by atoms with Gasteiger partial charge in [-0.1, -0.05) is 11.6 Å². The number of hydrogen-bond acceptors (Lipinski definition) is 6. The Hall–Kier alpha value is -3.06. The Labute approximate surface area is 155 Å². The Morgan fingerprint density at radius 2 is 1.50 bits per heavy atom. The summed E-state index contributed by atoms with van der Waals surface area (Å²) in [4.78, 5) is 35.0. The Morgan fingerprint density at radius 3 is 2.12 bits per heavy atom. The summed E-state index contributed by atoms with van der Waals surface area (Å²) in [7, 11) is 2.58. The average molecular weight is 377 g/mol. The molecule has 0 aliphatic heterocycles. The number of rotatable bonds is 6. The second-order valence-electron chi connectivity index (χ2n) is 5.16. The minimum Gasteiger partial charge on any atom is -0.465 e. The lowest BCUT2D eigenvalue weighted by Crippen LogP contribution is -2.22. The third-order valence-electron chi connectivity index (χ3n) is 3.42. The molecule has 0 fully saturated rings. The van der Waals surface area contributed by atoms with E-state index >= 15 is 0 Å². The molecule has 8 heteroatoms. The van der Waals surface area contributed by atoms with Gasteiger partial charge in [0.2, 0.25) is 5.91 Å². The molecule has 2 aromatic carbocycles. The normalized spacial score (nSPS) is 9.96. The number of carbonyl (C=O) groups excluding carboxylic acids is 3. The topological polar surface area (TPSA) is 93.7 Å². The summed E-state index contributed by atoms with van der Waals surface area (Å²) in [6, 6.07) is 10.9. The highest BCUT2D eigenvalue weighted by Crippen LogP contribution is 2.23. The first-order valence-electron chi connectivity index (χ1n) is 7.54. The molecule has 7 nitrogen and oxygen atoms in total. The molecule has 0 heterocycles. The molecule has 1 amide bonds. The number of ether oxygens (including phenoxy) is 2. The standard InChI is InChI=1S/C18H17ClN2O5/c1-25-17(23)11-3-6-13(7-4-11)21-16(22)10-20-15-9-12(18(24)26-2)5-8-14(15)19/h3-9,20H,10H2,1-2H3,(H,21,22). The first-order chi connectivity index (χ1) is 12.4. The van der Waals surface area contributed by atoms with Crippen molar-refractivity contribution < 1.29 is 23.9 Å². The molecule has 2 rings (SSSR count). The van der Waals surface area contributed by atoms with Gasteiger partial charge in [0.15, 0.2) is 0 Å². The fraction of sp³-hybridized carbons (Fsp3) is 0.167. The number of nitrogens with one attached hydrogen (secondary N) is 2. The number of carbonyl (C=O) groups is 3. The van der Waals surface area contributed by atoms with Crippen molar-refractivity contribution >= 4 is 40.8 Å². The van der Waals surface area contributed by atoms with Crippen LogP contribution in [0.1, 0.15) is 20.7 Å². The lowest BCUT2D eigenvalue weighted by atomic mass is 10.2. The summed E-state index contributed by atoms with van der Waals surface area (Å²) in [6.07, 6.45) is 0. The number of anilines is 2. The van der Waals surface area contributed by atoms with Gasteiger partial charge in [0.05, 0.1) is 42.6 Å². The predicted octanol–water partition coefficient (Wildman–Crippen LogP) is 2.96. The summed E-state index contributed by atoms with van der Waals surface area (Å²) in [5, 5.41) is 5.91. The second kappa shape index (κ2) is 8.87. The van der Waals surface area contributed by atoms with E-state index in [1.165, 1.54) is 26.4 Å². The van der Waals surface area contributed by atoms with Crippen molar-refractivity contribution in [3.63, 3.8) is 0 Å². The molecule has 26 heavy (non-hydrogen) atoms. The molecule has 136 valence electrons. The molecular formula is C18H17ClN2O5. The number of hydrogen-bond donors (Lipinski definition) is 2. The van der Waals surface area contributed by atoms with E-state index in [0.717, 1.165) is 0 Å². The fourth-order valence-electron chi connectivity index (χ4n) is 2.09. The van der Waals surface area contributed by atoms with E-state index in [2.05, 4.69) is 20.1 Å². The Bertz CT molecular complexity index is 821. The van der Waals surface area contributed by atoms with Gasteiger partial charge in [-0.15, -0.1) is 0 Å². The summed E-state index contributed by atoms with van der Waals surface area (Å²) in [5.74, 6) is -1.28. The molecule has 0 aliphatic rings. The first-order valence-corrected chi connectivity index (χ1v) is 7.92. The van der Waals surface area contributed by atoms with Crippen molar-refractivity contribution in [2.75, 3.05) is 31.4 Å². The van der Waals surface area contributed by atoms with Crippen LogP contribution in [0.2, 0.25) is 5.02 Å². The van der Waals surface area contributed by atoms with Crippen molar-refractivity contribution in [3.8, 4) is 0 Å². The molecule has 0 aliphatic carbocycles. The molecule has 0 bridgehead atoms. The van der Waals surface area contributed by atoms with Gasteiger partial charge in [-0.05, 0) is 42.5 Å². The predicted molar refractivity (Wildman–Crippen MR) is 97.7 cm³/mol. The number of benzene rings is 2. The zero-order valence-electron chi connectivity index (χ0n) is 14.2. The largest absolute Gasteiger partial charge is 0.465 e. The highest BCUT2D eigenvalue weighted by molar-refractivity contribution is 6.33. The third-order valence-corrected chi connectivity index (χ3v) is 3.75. The third kappa shape index (κ3) is 4.97. The molecule has 0 saturated heterocycles. The fourth-order valence-corrected chi connectivity index (χ4v) is 2.28. The number of esters is 2. The summed E-state index contributed by atoms with van der Waals surface area (Å²) in [6.45, 7) is -0.0664. The van der Waals surface area contributed by atoms with Crippen LogP contribution in [-0.2, 0) is 14.3 Å². The van der Waals surface area contributed by atoms with Gasteiger partial charge < -0.3 is 20.1 Å². The maximum atomic E-state index is 12.0. The molecule has 0 spiro atoms. The average Bonchev–Trinajstić information content (AvgIpc) is 2.66. The molecular weight excluding hydrogens is 360 g/mol. The second-order valence-corrected chi connectivity index (χ2v) is 5.56. The van der Waals surface area contributed by atoms with Crippen LogP contribution in [0.15, 0.2) is 42.5 Å². The van der Waals surface area contributed by atoms with Gasteiger partial charge in [0.25, 0.3) is 0 Å². The number of amides is 1. The van der Waals surface area contributed by atoms with Crippen molar-refractivity contribution in [1.82, 2.24) is 0 Å². The van der Waals surface area contributed by atoms with E-state index in [4.69, 9.17) is 11.6 Å². The van der Waals surface area contributed by atoms with E-state index in [0.29, 0.717) is 27.5 Å². The van der Waals surface area contributed by atoms with Gasteiger partial charge in [-0.2, -0.15) is 0 Å². The zero-order valence-corrected chi connectivity index (χ0v) is 14.9. The number of halogens is 1. The minimum absolute atomic E-state index is 0.0664. The van der Waals surface area contributed by atoms with Crippen LogP contribution in [0.5, 0.6) is 0 Å². The van der Waals surface area contributed by atoms with E-state index in [9.17, 15) is 14.4 Å². The minimum atomic E-state index is -0.500.